The van der Waals surface area contributed by atoms with Crippen LogP contribution in [0.2, 0.25) is 0 Å². The predicted molar refractivity (Wildman–Crippen MR) is 76.3 cm³/mol. The van der Waals surface area contributed by atoms with E-state index in [1.54, 1.807) is 17.6 Å². The summed E-state index contributed by atoms with van der Waals surface area (Å²) < 4.78 is 5.44. The number of nitrogens with zero attached hydrogens (tertiary/aromatic N) is 2. The van der Waals surface area contributed by atoms with Crippen LogP contribution in [0.25, 0.3) is 10.6 Å². The zero-order valence-electron chi connectivity index (χ0n) is 11.2. The molecule has 1 fully saturated rings. The van der Waals surface area contributed by atoms with Gasteiger partial charge in [-0.25, -0.2) is 0 Å². The van der Waals surface area contributed by atoms with Crippen LogP contribution >= 0.6 is 11.3 Å². The highest BCUT2D eigenvalue weighted by atomic mass is 32.1. The van der Waals surface area contributed by atoms with Gasteiger partial charge in [-0.05, 0) is 31.9 Å². The summed E-state index contributed by atoms with van der Waals surface area (Å²) in [6.45, 7) is 3.18. The topological polar surface area (TPSA) is 51.0 Å². The monoisotopic (exact) mass is 277 g/mol. The Morgan fingerprint density at radius 3 is 3.11 bits per heavy atom. The van der Waals surface area contributed by atoms with Crippen molar-refractivity contribution in [2.75, 3.05) is 6.54 Å². The first-order chi connectivity index (χ1) is 9.36. The second-order valence-corrected chi connectivity index (χ2v) is 6.01. The van der Waals surface area contributed by atoms with E-state index in [1.807, 2.05) is 6.07 Å². The zero-order chi connectivity index (χ0) is 13.1. The molecule has 4 nitrogen and oxygen atoms in total. The molecular weight excluding hydrogens is 258 g/mol. The minimum absolute atomic E-state index is 0.794. The summed E-state index contributed by atoms with van der Waals surface area (Å²) in [4.78, 5) is 0. The Morgan fingerprint density at radius 2 is 2.32 bits per heavy atom. The molecule has 1 aliphatic carbocycles. The maximum Gasteiger partial charge on any atom is 0.151 e. The van der Waals surface area contributed by atoms with E-state index in [0.717, 1.165) is 53.2 Å². The van der Waals surface area contributed by atoms with Crippen molar-refractivity contribution in [2.45, 2.75) is 45.1 Å². The van der Waals surface area contributed by atoms with Crippen molar-refractivity contribution >= 4 is 11.3 Å². The van der Waals surface area contributed by atoms with Gasteiger partial charge >= 0.3 is 0 Å². The average molecular weight is 277 g/mol. The summed E-state index contributed by atoms with van der Waals surface area (Å²) >= 11 is 1.68. The Balaban J connectivity index is 1.56. The third kappa shape index (κ3) is 3.22. The van der Waals surface area contributed by atoms with E-state index in [1.165, 1.54) is 12.8 Å². The van der Waals surface area contributed by atoms with Crippen molar-refractivity contribution < 1.29 is 4.42 Å². The number of rotatable bonds is 7. The van der Waals surface area contributed by atoms with Crippen LogP contribution in [-0.4, -0.2) is 22.8 Å². The molecule has 5 heteroatoms. The lowest BCUT2D eigenvalue weighted by molar-refractivity contribution is 0.517. The third-order valence-electron chi connectivity index (χ3n) is 3.34. The van der Waals surface area contributed by atoms with Gasteiger partial charge in [-0.3, -0.25) is 0 Å². The SMILES string of the molecule is CCc1occc1-c1nnc(CCCNC2CC2)s1. The second-order valence-electron chi connectivity index (χ2n) is 4.94. The van der Waals surface area contributed by atoms with E-state index in [4.69, 9.17) is 4.42 Å². The first kappa shape index (κ1) is 12.8. The Labute approximate surface area is 117 Å². The maximum absolute atomic E-state index is 5.44. The molecule has 2 heterocycles. The quantitative estimate of drug-likeness (QED) is 0.790. The van der Waals surface area contributed by atoms with Gasteiger partial charge < -0.3 is 9.73 Å². The van der Waals surface area contributed by atoms with Crippen LogP contribution in [0.3, 0.4) is 0 Å². The highest BCUT2D eigenvalue weighted by molar-refractivity contribution is 7.14. The van der Waals surface area contributed by atoms with Crippen LogP contribution in [-0.2, 0) is 12.8 Å². The molecule has 0 saturated heterocycles. The molecule has 19 heavy (non-hydrogen) atoms. The molecule has 0 amide bonds. The van der Waals surface area contributed by atoms with Crippen LogP contribution in [0.4, 0.5) is 0 Å². The highest BCUT2D eigenvalue weighted by Gasteiger charge is 2.19. The van der Waals surface area contributed by atoms with Gasteiger partial charge in [0.15, 0.2) is 5.01 Å². The molecule has 3 rings (SSSR count). The first-order valence-corrected chi connectivity index (χ1v) is 7.81. The summed E-state index contributed by atoms with van der Waals surface area (Å²) in [7, 11) is 0. The summed E-state index contributed by atoms with van der Waals surface area (Å²) in [5.41, 5.74) is 1.10. The fraction of sp³-hybridized carbons (Fsp3) is 0.571. The maximum atomic E-state index is 5.44. The largest absolute Gasteiger partial charge is 0.469 e. The molecule has 102 valence electrons. The normalized spacial score (nSPS) is 15.0. The Bertz CT molecular complexity index is 530. The van der Waals surface area contributed by atoms with E-state index in [0.29, 0.717) is 0 Å². The van der Waals surface area contributed by atoms with E-state index in [9.17, 15) is 0 Å². The molecule has 2 aromatic rings. The molecule has 2 aromatic heterocycles. The number of aromatic nitrogens is 2. The van der Waals surface area contributed by atoms with Gasteiger partial charge in [0.1, 0.15) is 10.8 Å². The minimum atomic E-state index is 0.794. The predicted octanol–water partition coefficient (Wildman–Crippen LogP) is 3.05. The van der Waals surface area contributed by atoms with Crippen molar-refractivity contribution in [2.24, 2.45) is 0 Å². The van der Waals surface area contributed by atoms with Crippen LogP contribution in [0.15, 0.2) is 16.7 Å². The molecule has 0 aromatic carbocycles. The van der Waals surface area contributed by atoms with Crippen LogP contribution in [0.1, 0.15) is 37.0 Å². The zero-order valence-corrected chi connectivity index (χ0v) is 12.0. The number of nitrogens with one attached hydrogen (secondary N) is 1. The molecule has 0 aliphatic heterocycles. The van der Waals surface area contributed by atoms with E-state index in [-0.39, 0.29) is 0 Å². The van der Waals surface area contributed by atoms with Gasteiger partial charge in [0.05, 0.1) is 11.8 Å². The lowest BCUT2D eigenvalue weighted by Gasteiger charge is -1.99. The fourth-order valence-electron chi connectivity index (χ4n) is 2.10. The van der Waals surface area contributed by atoms with E-state index < -0.39 is 0 Å². The smallest absolute Gasteiger partial charge is 0.151 e. The number of furan rings is 1. The standard InChI is InChI=1S/C14H19N3OS/c1-2-12-11(7-9-18-12)14-17-16-13(19-14)4-3-8-15-10-5-6-10/h7,9-10,15H,2-6,8H2,1H3. The molecule has 1 saturated carbocycles. The second kappa shape index (κ2) is 5.84. The van der Waals surface area contributed by atoms with Crippen molar-refractivity contribution in [1.29, 1.82) is 0 Å². The number of hydrogen-bond acceptors (Lipinski definition) is 5. The lowest BCUT2D eigenvalue weighted by Crippen LogP contribution is -2.17. The molecule has 0 unspecified atom stereocenters. The third-order valence-corrected chi connectivity index (χ3v) is 4.36. The Hall–Kier alpha value is -1.20. The van der Waals surface area contributed by atoms with Crippen LogP contribution < -0.4 is 5.32 Å². The summed E-state index contributed by atoms with van der Waals surface area (Å²) in [6.07, 6.45) is 7.47. The molecule has 0 atom stereocenters. The Kier molecular flexibility index (Phi) is 3.94. The van der Waals surface area contributed by atoms with Gasteiger partial charge in [-0.2, -0.15) is 0 Å². The van der Waals surface area contributed by atoms with Gasteiger partial charge in [-0.15, -0.1) is 10.2 Å². The lowest BCUT2D eigenvalue weighted by atomic mass is 10.2. The molecular formula is C14H19N3OS. The number of hydrogen-bond donors (Lipinski definition) is 1. The van der Waals surface area contributed by atoms with Gasteiger partial charge in [0, 0.05) is 18.9 Å². The van der Waals surface area contributed by atoms with Crippen LogP contribution in [0, 0.1) is 0 Å². The summed E-state index contributed by atoms with van der Waals surface area (Å²) in [6, 6.07) is 2.78. The molecule has 1 N–H and O–H groups in total. The highest BCUT2D eigenvalue weighted by Crippen LogP contribution is 2.28. The van der Waals surface area contributed by atoms with Gasteiger partial charge in [-0.1, -0.05) is 18.3 Å². The molecule has 0 bridgehead atoms. The van der Waals surface area contributed by atoms with Gasteiger partial charge in [0.2, 0.25) is 0 Å². The molecule has 1 aliphatic rings. The first-order valence-electron chi connectivity index (χ1n) is 6.99. The fourth-order valence-corrected chi connectivity index (χ4v) is 3.03. The molecule has 0 radical (unpaired) electrons. The van der Waals surface area contributed by atoms with E-state index in [2.05, 4.69) is 22.4 Å². The summed E-state index contributed by atoms with van der Waals surface area (Å²) in [5.74, 6) is 0.998. The minimum Gasteiger partial charge on any atom is -0.469 e. The Morgan fingerprint density at radius 1 is 1.42 bits per heavy atom. The van der Waals surface area contributed by atoms with Crippen molar-refractivity contribution in [1.82, 2.24) is 15.5 Å². The van der Waals surface area contributed by atoms with Crippen molar-refractivity contribution in [3.8, 4) is 10.6 Å². The van der Waals surface area contributed by atoms with Crippen LogP contribution in [0.5, 0.6) is 0 Å². The summed E-state index contributed by atoms with van der Waals surface area (Å²) in [5, 5.41) is 14.2. The van der Waals surface area contributed by atoms with Crippen molar-refractivity contribution in [3.63, 3.8) is 0 Å². The molecule has 0 spiro atoms. The van der Waals surface area contributed by atoms with E-state index >= 15 is 0 Å². The average Bonchev–Trinajstić information content (AvgIpc) is 2.94. The van der Waals surface area contributed by atoms with Gasteiger partial charge in [0.25, 0.3) is 0 Å². The number of aryl methyl sites for hydroxylation is 2. The van der Waals surface area contributed by atoms with Crippen molar-refractivity contribution in [3.05, 3.63) is 23.1 Å².